The van der Waals surface area contributed by atoms with Crippen LogP contribution in [0.15, 0.2) is 48.5 Å². The Morgan fingerprint density at radius 3 is 2.33 bits per heavy atom. The number of benzene rings is 2. The van der Waals surface area contributed by atoms with E-state index in [0.29, 0.717) is 6.54 Å². The molecule has 3 nitrogen and oxygen atoms in total. The molecule has 1 heterocycles. The fourth-order valence-electron chi connectivity index (χ4n) is 2.44. The number of aryl methyl sites for hydroxylation is 1. The van der Waals surface area contributed by atoms with Gasteiger partial charge in [-0.2, -0.15) is 5.10 Å². The molecule has 3 rings (SSSR count). The van der Waals surface area contributed by atoms with Crippen molar-refractivity contribution in [2.24, 2.45) is 0 Å². The van der Waals surface area contributed by atoms with Crippen LogP contribution in [0.1, 0.15) is 11.3 Å². The van der Waals surface area contributed by atoms with E-state index in [4.69, 9.17) is 0 Å². The Hall–Kier alpha value is -2.49. The van der Waals surface area contributed by atoms with Crippen molar-refractivity contribution in [3.05, 3.63) is 65.6 Å². The van der Waals surface area contributed by atoms with Crippen molar-refractivity contribution in [3.63, 3.8) is 0 Å². The summed E-state index contributed by atoms with van der Waals surface area (Å²) in [5.41, 5.74) is 1.95. The van der Waals surface area contributed by atoms with Crippen LogP contribution < -0.4 is 4.90 Å². The van der Waals surface area contributed by atoms with Gasteiger partial charge in [0.05, 0.1) is 5.69 Å². The monoisotopic (exact) mass is 281 g/mol. The molecule has 0 atom stereocenters. The summed E-state index contributed by atoms with van der Waals surface area (Å²) in [6.07, 6.45) is 0. The quantitative estimate of drug-likeness (QED) is 0.732. The van der Waals surface area contributed by atoms with Gasteiger partial charge in [-0.1, -0.05) is 36.4 Å². The Labute approximate surface area is 123 Å². The van der Waals surface area contributed by atoms with Gasteiger partial charge >= 0.3 is 0 Å². The maximum Gasteiger partial charge on any atom is 0.159 e. The third-order valence-corrected chi connectivity index (χ3v) is 3.55. The van der Waals surface area contributed by atoms with E-state index in [1.54, 1.807) is 12.1 Å². The van der Waals surface area contributed by atoms with E-state index in [1.807, 2.05) is 37.1 Å². The predicted molar refractivity (Wildman–Crippen MR) is 82.8 cm³/mol. The fourth-order valence-corrected chi connectivity index (χ4v) is 2.44. The number of hydrogen-bond donors (Lipinski definition) is 0. The summed E-state index contributed by atoms with van der Waals surface area (Å²) in [7, 11) is 1.97. The van der Waals surface area contributed by atoms with Crippen LogP contribution in [0, 0.1) is 12.7 Å². The third-order valence-electron chi connectivity index (χ3n) is 3.55. The van der Waals surface area contributed by atoms with Crippen LogP contribution in [-0.2, 0) is 6.54 Å². The van der Waals surface area contributed by atoms with Gasteiger partial charge in [0.2, 0.25) is 0 Å². The van der Waals surface area contributed by atoms with Crippen LogP contribution >= 0.6 is 0 Å². The largest absolute Gasteiger partial charge is 0.353 e. The summed E-state index contributed by atoms with van der Waals surface area (Å²) in [5, 5.41) is 10.7. The summed E-state index contributed by atoms with van der Waals surface area (Å²) in [6.45, 7) is 2.61. The summed E-state index contributed by atoms with van der Waals surface area (Å²) >= 11 is 0. The summed E-state index contributed by atoms with van der Waals surface area (Å²) in [5.74, 6) is 0.613. The minimum Gasteiger partial charge on any atom is -0.353 e. The van der Waals surface area contributed by atoms with Crippen LogP contribution in [0.5, 0.6) is 0 Å². The van der Waals surface area contributed by atoms with Gasteiger partial charge in [0.15, 0.2) is 5.82 Å². The zero-order valence-electron chi connectivity index (χ0n) is 12.0. The summed E-state index contributed by atoms with van der Waals surface area (Å²) in [4.78, 5) is 2.03. The van der Waals surface area contributed by atoms with Crippen LogP contribution in [-0.4, -0.2) is 17.2 Å². The lowest BCUT2D eigenvalue weighted by atomic mass is 10.1. The molecule has 21 heavy (non-hydrogen) atoms. The van der Waals surface area contributed by atoms with Crippen molar-refractivity contribution in [1.29, 1.82) is 0 Å². The number of halogens is 1. The summed E-state index contributed by atoms with van der Waals surface area (Å²) < 4.78 is 13.0. The molecule has 0 bridgehead atoms. The maximum atomic E-state index is 13.0. The highest BCUT2D eigenvalue weighted by molar-refractivity contribution is 5.93. The first-order valence-corrected chi connectivity index (χ1v) is 6.83. The van der Waals surface area contributed by atoms with Crippen molar-refractivity contribution in [2.45, 2.75) is 13.5 Å². The molecular formula is C17H16FN3. The van der Waals surface area contributed by atoms with Gasteiger partial charge in [-0.3, -0.25) is 0 Å². The van der Waals surface area contributed by atoms with Crippen LogP contribution in [0.2, 0.25) is 0 Å². The number of hydrogen-bond acceptors (Lipinski definition) is 3. The van der Waals surface area contributed by atoms with Gasteiger partial charge in [-0.15, -0.1) is 5.10 Å². The van der Waals surface area contributed by atoms with Gasteiger partial charge < -0.3 is 4.90 Å². The molecule has 3 aromatic rings. The Morgan fingerprint density at radius 1 is 0.952 bits per heavy atom. The van der Waals surface area contributed by atoms with E-state index in [9.17, 15) is 4.39 Å². The molecule has 2 aromatic carbocycles. The zero-order chi connectivity index (χ0) is 14.8. The average molecular weight is 281 g/mol. The molecule has 0 saturated carbocycles. The van der Waals surface area contributed by atoms with Gasteiger partial charge in [-0.05, 0) is 24.6 Å². The number of aromatic nitrogens is 2. The SMILES string of the molecule is Cc1nnc(N(C)Cc2ccc(F)cc2)c2ccccc12. The van der Waals surface area contributed by atoms with E-state index in [2.05, 4.69) is 16.3 Å². The smallest absolute Gasteiger partial charge is 0.159 e. The molecular weight excluding hydrogens is 265 g/mol. The second kappa shape index (κ2) is 5.48. The molecule has 0 aliphatic rings. The zero-order valence-corrected chi connectivity index (χ0v) is 12.0. The lowest BCUT2D eigenvalue weighted by Crippen LogP contribution is -2.18. The standard InChI is InChI=1S/C17H16FN3/c1-12-15-5-3-4-6-16(15)17(20-19-12)21(2)11-13-7-9-14(18)10-8-13/h3-10H,11H2,1-2H3. The molecule has 0 unspecified atom stereocenters. The van der Waals surface area contributed by atoms with Crippen molar-refractivity contribution in [2.75, 3.05) is 11.9 Å². The molecule has 1 aromatic heterocycles. The Balaban J connectivity index is 1.96. The Morgan fingerprint density at radius 2 is 1.62 bits per heavy atom. The molecule has 0 spiro atoms. The van der Waals surface area contributed by atoms with E-state index in [-0.39, 0.29) is 5.82 Å². The molecule has 0 N–H and O–H groups in total. The highest BCUT2D eigenvalue weighted by Gasteiger charge is 2.10. The number of fused-ring (bicyclic) bond motifs is 1. The molecule has 0 aliphatic heterocycles. The average Bonchev–Trinajstić information content (AvgIpc) is 2.50. The first-order chi connectivity index (χ1) is 10.1. The van der Waals surface area contributed by atoms with Crippen molar-refractivity contribution in [1.82, 2.24) is 10.2 Å². The van der Waals surface area contributed by atoms with Crippen LogP contribution in [0.4, 0.5) is 10.2 Å². The van der Waals surface area contributed by atoms with E-state index < -0.39 is 0 Å². The first kappa shape index (κ1) is 13.5. The topological polar surface area (TPSA) is 29.0 Å². The second-order valence-electron chi connectivity index (χ2n) is 5.14. The lowest BCUT2D eigenvalue weighted by Gasteiger charge is -2.19. The highest BCUT2D eigenvalue weighted by atomic mass is 19.1. The molecule has 0 radical (unpaired) electrons. The number of nitrogens with zero attached hydrogens (tertiary/aromatic N) is 3. The van der Waals surface area contributed by atoms with E-state index >= 15 is 0 Å². The fraction of sp³-hybridized carbons (Fsp3) is 0.176. The van der Waals surface area contributed by atoms with Crippen LogP contribution in [0.25, 0.3) is 10.8 Å². The first-order valence-electron chi connectivity index (χ1n) is 6.83. The lowest BCUT2D eigenvalue weighted by molar-refractivity contribution is 0.627. The van der Waals surface area contributed by atoms with Crippen molar-refractivity contribution >= 4 is 16.6 Å². The molecule has 0 amide bonds. The Kier molecular flexibility index (Phi) is 3.52. The minimum atomic E-state index is -0.220. The third kappa shape index (κ3) is 2.70. The predicted octanol–water partition coefficient (Wildman–Crippen LogP) is 3.71. The molecule has 4 heteroatoms. The van der Waals surface area contributed by atoms with E-state index in [1.165, 1.54) is 12.1 Å². The summed E-state index contributed by atoms with van der Waals surface area (Å²) in [6, 6.07) is 14.6. The van der Waals surface area contributed by atoms with Crippen molar-refractivity contribution in [3.8, 4) is 0 Å². The molecule has 0 saturated heterocycles. The second-order valence-corrected chi connectivity index (χ2v) is 5.14. The normalized spacial score (nSPS) is 10.8. The molecule has 106 valence electrons. The van der Waals surface area contributed by atoms with Crippen LogP contribution in [0.3, 0.4) is 0 Å². The Bertz CT molecular complexity index is 769. The molecule has 0 fully saturated rings. The number of rotatable bonds is 3. The van der Waals surface area contributed by atoms with Gasteiger partial charge in [0.25, 0.3) is 0 Å². The van der Waals surface area contributed by atoms with Gasteiger partial charge in [0.1, 0.15) is 5.82 Å². The maximum absolute atomic E-state index is 13.0. The highest BCUT2D eigenvalue weighted by Crippen LogP contribution is 2.25. The minimum absolute atomic E-state index is 0.220. The van der Waals surface area contributed by atoms with Gasteiger partial charge in [-0.25, -0.2) is 4.39 Å². The van der Waals surface area contributed by atoms with Gasteiger partial charge in [0, 0.05) is 24.4 Å². The van der Waals surface area contributed by atoms with E-state index in [0.717, 1.165) is 27.8 Å². The van der Waals surface area contributed by atoms with Crippen molar-refractivity contribution < 1.29 is 4.39 Å². The molecule has 0 aliphatic carbocycles. The number of anilines is 1.